The molecule has 16 heavy (non-hydrogen) atoms. The SMILES string of the molecule is C=C(Br)CNC(=O)c1ccc(NC(C)=O)s1. The fourth-order valence-electron chi connectivity index (χ4n) is 0.964. The van der Waals surface area contributed by atoms with Crippen LogP contribution in [0.3, 0.4) is 0 Å². The summed E-state index contributed by atoms with van der Waals surface area (Å²) in [6.07, 6.45) is 0. The fourth-order valence-corrected chi connectivity index (χ4v) is 1.97. The van der Waals surface area contributed by atoms with E-state index in [0.29, 0.717) is 20.9 Å². The average molecular weight is 303 g/mol. The maximum Gasteiger partial charge on any atom is 0.261 e. The summed E-state index contributed by atoms with van der Waals surface area (Å²) in [5.41, 5.74) is 0. The molecule has 0 aliphatic heterocycles. The number of rotatable bonds is 4. The summed E-state index contributed by atoms with van der Waals surface area (Å²) in [7, 11) is 0. The second-order valence-corrected chi connectivity index (χ2v) is 5.25. The summed E-state index contributed by atoms with van der Waals surface area (Å²) >= 11 is 4.38. The highest BCUT2D eigenvalue weighted by atomic mass is 79.9. The van der Waals surface area contributed by atoms with Crippen molar-refractivity contribution in [3.63, 3.8) is 0 Å². The third-order valence-corrected chi connectivity index (χ3v) is 2.85. The van der Waals surface area contributed by atoms with Gasteiger partial charge in [-0.15, -0.1) is 11.3 Å². The molecule has 1 heterocycles. The van der Waals surface area contributed by atoms with E-state index in [9.17, 15) is 9.59 Å². The number of carbonyl (C=O) groups is 2. The number of hydrogen-bond acceptors (Lipinski definition) is 3. The Hall–Kier alpha value is -1.14. The first kappa shape index (κ1) is 12.9. The largest absolute Gasteiger partial charge is 0.347 e. The van der Waals surface area contributed by atoms with Crippen LogP contribution in [0, 0.1) is 0 Å². The van der Waals surface area contributed by atoms with Gasteiger partial charge in [-0.3, -0.25) is 9.59 Å². The second kappa shape index (κ2) is 5.81. The second-order valence-electron chi connectivity index (χ2n) is 3.05. The Bertz CT molecular complexity index is 428. The molecule has 2 amide bonds. The van der Waals surface area contributed by atoms with Crippen molar-refractivity contribution in [2.75, 3.05) is 11.9 Å². The Labute approximate surface area is 106 Å². The number of carbonyl (C=O) groups excluding carboxylic acids is 2. The highest BCUT2D eigenvalue weighted by Crippen LogP contribution is 2.21. The first-order valence-corrected chi connectivity index (χ1v) is 6.09. The Morgan fingerprint density at radius 1 is 1.50 bits per heavy atom. The molecule has 1 rings (SSSR count). The molecule has 2 N–H and O–H groups in total. The quantitative estimate of drug-likeness (QED) is 0.897. The van der Waals surface area contributed by atoms with Crippen LogP contribution in [0.4, 0.5) is 5.00 Å². The lowest BCUT2D eigenvalue weighted by molar-refractivity contribution is -0.114. The summed E-state index contributed by atoms with van der Waals surface area (Å²) in [4.78, 5) is 22.9. The van der Waals surface area contributed by atoms with E-state index >= 15 is 0 Å². The number of halogens is 1. The maximum absolute atomic E-state index is 11.6. The van der Waals surface area contributed by atoms with Gasteiger partial charge in [0.25, 0.3) is 5.91 Å². The van der Waals surface area contributed by atoms with Crippen LogP contribution >= 0.6 is 27.3 Å². The lowest BCUT2D eigenvalue weighted by Crippen LogP contribution is -2.23. The van der Waals surface area contributed by atoms with Gasteiger partial charge in [-0.2, -0.15) is 0 Å². The van der Waals surface area contributed by atoms with Gasteiger partial charge < -0.3 is 10.6 Å². The molecule has 6 heteroatoms. The molecular formula is C10H11BrN2O2S. The van der Waals surface area contributed by atoms with Gasteiger partial charge in [-0.1, -0.05) is 22.5 Å². The Balaban J connectivity index is 2.59. The van der Waals surface area contributed by atoms with E-state index in [1.54, 1.807) is 12.1 Å². The zero-order chi connectivity index (χ0) is 12.1. The molecule has 86 valence electrons. The molecule has 0 aromatic carbocycles. The van der Waals surface area contributed by atoms with Gasteiger partial charge in [0.1, 0.15) is 0 Å². The Morgan fingerprint density at radius 2 is 2.19 bits per heavy atom. The topological polar surface area (TPSA) is 58.2 Å². The van der Waals surface area contributed by atoms with Crippen LogP contribution in [-0.2, 0) is 4.79 Å². The van der Waals surface area contributed by atoms with Crippen molar-refractivity contribution in [1.82, 2.24) is 5.32 Å². The van der Waals surface area contributed by atoms with Crippen molar-refractivity contribution in [2.24, 2.45) is 0 Å². The van der Waals surface area contributed by atoms with Gasteiger partial charge in [0.05, 0.1) is 9.88 Å². The molecule has 0 aliphatic carbocycles. The normalized spacial score (nSPS) is 9.62. The molecule has 0 radical (unpaired) electrons. The van der Waals surface area contributed by atoms with Crippen LogP contribution in [0.1, 0.15) is 16.6 Å². The number of nitrogens with one attached hydrogen (secondary N) is 2. The molecule has 0 spiro atoms. The van der Waals surface area contributed by atoms with Crippen LogP contribution in [0.2, 0.25) is 0 Å². The Kier molecular flexibility index (Phi) is 4.70. The first-order valence-electron chi connectivity index (χ1n) is 4.48. The standard InChI is InChI=1S/C10H11BrN2O2S/c1-6(11)5-12-10(15)8-3-4-9(16-8)13-7(2)14/h3-4H,1,5H2,2H3,(H,12,15)(H,13,14). The smallest absolute Gasteiger partial charge is 0.261 e. The van der Waals surface area contributed by atoms with Crippen LogP contribution in [0.5, 0.6) is 0 Å². The number of anilines is 1. The van der Waals surface area contributed by atoms with Crippen LogP contribution in [0.15, 0.2) is 23.2 Å². The van der Waals surface area contributed by atoms with Crippen molar-refractivity contribution >= 4 is 44.1 Å². The summed E-state index contributed by atoms with van der Waals surface area (Å²) in [5, 5.41) is 5.96. The lowest BCUT2D eigenvalue weighted by atomic mass is 10.4. The molecule has 0 bridgehead atoms. The molecule has 4 nitrogen and oxygen atoms in total. The zero-order valence-electron chi connectivity index (χ0n) is 8.67. The Morgan fingerprint density at radius 3 is 2.75 bits per heavy atom. The van der Waals surface area contributed by atoms with Crippen molar-refractivity contribution in [2.45, 2.75) is 6.92 Å². The van der Waals surface area contributed by atoms with Crippen LogP contribution in [-0.4, -0.2) is 18.4 Å². The molecule has 0 aliphatic rings. The average Bonchev–Trinajstić information content (AvgIpc) is 2.61. The zero-order valence-corrected chi connectivity index (χ0v) is 11.1. The van der Waals surface area contributed by atoms with E-state index in [1.807, 2.05) is 0 Å². The minimum atomic E-state index is -0.179. The summed E-state index contributed by atoms with van der Waals surface area (Å²) in [5.74, 6) is -0.329. The van der Waals surface area contributed by atoms with E-state index in [1.165, 1.54) is 18.3 Å². The van der Waals surface area contributed by atoms with Crippen LogP contribution in [0.25, 0.3) is 0 Å². The van der Waals surface area contributed by atoms with Gasteiger partial charge in [-0.05, 0) is 12.1 Å². The monoisotopic (exact) mass is 302 g/mol. The van der Waals surface area contributed by atoms with Crippen molar-refractivity contribution < 1.29 is 9.59 Å². The van der Waals surface area contributed by atoms with Gasteiger partial charge in [0, 0.05) is 18.0 Å². The molecule has 0 atom stereocenters. The molecule has 0 saturated heterocycles. The highest BCUT2D eigenvalue weighted by molar-refractivity contribution is 9.11. The molecule has 0 saturated carbocycles. The molecule has 1 aromatic heterocycles. The summed E-state index contributed by atoms with van der Waals surface area (Å²) < 4.78 is 0.708. The first-order chi connectivity index (χ1) is 7.49. The summed E-state index contributed by atoms with van der Waals surface area (Å²) in [6, 6.07) is 3.37. The van der Waals surface area contributed by atoms with Crippen molar-refractivity contribution in [1.29, 1.82) is 0 Å². The maximum atomic E-state index is 11.6. The van der Waals surface area contributed by atoms with E-state index in [2.05, 4.69) is 33.1 Å². The predicted molar refractivity (Wildman–Crippen MR) is 69.0 cm³/mol. The van der Waals surface area contributed by atoms with Gasteiger partial charge >= 0.3 is 0 Å². The van der Waals surface area contributed by atoms with Gasteiger partial charge in [-0.25, -0.2) is 0 Å². The predicted octanol–water partition coefficient (Wildman–Crippen LogP) is 2.34. The van der Waals surface area contributed by atoms with Crippen LogP contribution < -0.4 is 10.6 Å². The lowest BCUT2D eigenvalue weighted by Gasteiger charge is -2.00. The highest BCUT2D eigenvalue weighted by Gasteiger charge is 2.09. The minimum absolute atomic E-state index is 0.150. The van der Waals surface area contributed by atoms with Crippen molar-refractivity contribution in [3.8, 4) is 0 Å². The minimum Gasteiger partial charge on any atom is -0.347 e. The third-order valence-electron chi connectivity index (χ3n) is 1.57. The summed E-state index contributed by atoms with van der Waals surface area (Å²) in [6.45, 7) is 5.42. The van der Waals surface area contributed by atoms with E-state index < -0.39 is 0 Å². The number of thiophene rings is 1. The molecule has 1 aromatic rings. The van der Waals surface area contributed by atoms with E-state index in [-0.39, 0.29) is 11.8 Å². The van der Waals surface area contributed by atoms with E-state index in [0.717, 1.165) is 0 Å². The van der Waals surface area contributed by atoms with Gasteiger partial charge in [0.2, 0.25) is 5.91 Å². The van der Waals surface area contributed by atoms with Crippen molar-refractivity contribution in [3.05, 3.63) is 28.1 Å². The van der Waals surface area contributed by atoms with E-state index in [4.69, 9.17) is 0 Å². The molecule has 0 fully saturated rings. The number of amides is 2. The molecular weight excluding hydrogens is 292 g/mol. The fraction of sp³-hybridized carbons (Fsp3) is 0.200. The third kappa shape index (κ3) is 4.16. The molecule has 0 unspecified atom stereocenters. The van der Waals surface area contributed by atoms with Gasteiger partial charge in [0.15, 0.2) is 0 Å². The number of hydrogen-bond donors (Lipinski definition) is 2.